The molecular formula is C16H22F3N3O2. The summed E-state index contributed by atoms with van der Waals surface area (Å²) in [5, 5.41) is 0. The summed E-state index contributed by atoms with van der Waals surface area (Å²) >= 11 is 0. The second-order valence-electron chi connectivity index (χ2n) is 5.92. The molecule has 2 rings (SSSR count). The van der Waals surface area contributed by atoms with Crippen LogP contribution in [0.15, 0.2) is 18.3 Å². The van der Waals surface area contributed by atoms with Crippen LogP contribution in [0.4, 0.5) is 19.0 Å². The summed E-state index contributed by atoms with van der Waals surface area (Å²) < 4.78 is 43.3. The third-order valence-corrected chi connectivity index (χ3v) is 4.15. The maximum atomic E-state index is 12.6. The number of primary amides is 1. The Kier molecular flexibility index (Phi) is 6.04. The Morgan fingerprint density at radius 3 is 2.54 bits per heavy atom. The number of piperidine rings is 1. The number of hydrogen-bond acceptors (Lipinski definition) is 4. The first-order valence-corrected chi connectivity index (χ1v) is 8.02. The number of alkyl halides is 3. The minimum atomic E-state index is -4.39. The summed E-state index contributed by atoms with van der Waals surface area (Å²) in [4.78, 5) is 17.4. The van der Waals surface area contributed by atoms with Crippen molar-refractivity contribution in [2.24, 2.45) is 11.7 Å². The van der Waals surface area contributed by atoms with Crippen molar-refractivity contribution in [2.45, 2.75) is 38.5 Å². The number of aromatic nitrogens is 1. The fraction of sp³-hybridized carbons (Fsp3) is 0.625. The molecule has 0 aliphatic carbocycles. The Labute approximate surface area is 139 Å². The van der Waals surface area contributed by atoms with Gasteiger partial charge in [-0.05, 0) is 37.3 Å². The van der Waals surface area contributed by atoms with Gasteiger partial charge in [0, 0.05) is 25.9 Å². The second-order valence-corrected chi connectivity index (χ2v) is 5.92. The van der Waals surface area contributed by atoms with E-state index in [0.29, 0.717) is 38.4 Å². The summed E-state index contributed by atoms with van der Waals surface area (Å²) in [7, 11) is 0. The zero-order valence-corrected chi connectivity index (χ0v) is 13.6. The van der Waals surface area contributed by atoms with Crippen LogP contribution in [0.2, 0.25) is 0 Å². The molecule has 1 aromatic rings. The molecule has 134 valence electrons. The second kappa shape index (κ2) is 7.83. The van der Waals surface area contributed by atoms with Gasteiger partial charge in [-0.1, -0.05) is 6.92 Å². The SMILES string of the molecule is CCCO[C@H](C(N)=O)C1CCN(c2ccc(C(F)(F)F)cn2)CC1. The van der Waals surface area contributed by atoms with Crippen LogP contribution in [-0.2, 0) is 15.7 Å². The molecule has 0 bridgehead atoms. The highest BCUT2D eigenvalue weighted by Crippen LogP contribution is 2.30. The summed E-state index contributed by atoms with van der Waals surface area (Å²) in [6.07, 6.45) is -1.98. The number of ether oxygens (including phenoxy) is 1. The standard InChI is InChI=1S/C16H22F3N3O2/c1-2-9-24-14(15(20)23)11-5-7-22(8-6-11)13-4-3-12(10-21-13)16(17,18)19/h3-4,10-11,14H,2,5-9H2,1H3,(H2,20,23)/t14-/m0/s1. The van der Waals surface area contributed by atoms with Gasteiger partial charge in [0.1, 0.15) is 11.9 Å². The molecule has 5 nitrogen and oxygen atoms in total. The van der Waals surface area contributed by atoms with Crippen LogP contribution in [0.3, 0.4) is 0 Å². The van der Waals surface area contributed by atoms with Gasteiger partial charge in [0.25, 0.3) is 0 Å². The minimum Gasteiger partial charge on any atom is -0.368 e. The minimum absolute atomic E-state index is 0.0275. The molecule has 1 aliphatic rings. The van der Waals surface area contributed by atoms with Gasteiger partial charge in [-0.25, -0.2) is 4.98 Å². The molecule has 2 heterocycles. The van der Waals surface area contributed by atoms with Gasteiger partial charge in [0.05, 0.1) is 5.56 Å². The molecule has 0 aromatic carbocycles. The highest BCUT2D eigenvalue weighted by Gasteiger charge is 2.33. The van der Waals surface area contributed by atoms with E-state index in [1.807, 2.05) is 11.8 Å². The van der Waals surface area contributed by atoms with Gasteiger partial charge >= 0.3 is 6.18 Å². The van der Waals surface area contributed by atoms with Gasteiger partial charge < -0.3 is 15.4 Å². The maximum absolute atomic E-state index is 12.6. The molecule has 1 fully saturated rings. The lowest BCUT2D eigenvalue weighted by Gasteiger charge is -2.35. The Hall–Kier alpha value is -1.83. The highest BCUT2D eigenvalue weighted by atomic mass is 19.4. The van der Waals surface area contributed by atoms with Crippen LogP contribution < -0.4 is 10.6 Å². The number of hydrogen-bond donors (Lipinski definition) is 1. The number of pyridine rings is 1. The van der Waals surface area contributed by atoms with Gasteiger partial charge in [-0.15, -0.1) is 0 Å². The van der Waals surface area contributed by atoms with E-state index < -0.39 is 23.8 Å². The van der Waals surface area contributed by atoms with Crippen LogP contribution in [-0.4, -0.2) is 36.7 Å². The first kappa shape index (κ1) is 18.5. The number of anilines is 1. The van der Waals surface area contributed by atoms with Crippen molar-refractivity contribution in [3.8, 4) is 0 Å². The number of rotatable bonds is 6. The molecule has 1 aliphatic heterocycles. The molecule has 0 saturated carbocycles. The lowest BCUT2D eigenvalue weighted by molar-refractivity contribution is -0.137. The number of nitrogens with two attached hydrogens (primary N) is 1. The maximum Gasteiger partial charge on any atom is 0.417 e. The molecule has 0 unspecified atom stereocenters. The van der Waals surface area contributed by atoms with Crippen LogP contribution >= 0.6 is 0 Å². The highest BCUT2D eigenvalue weighted by molar-refractivity contribution is 5.79. The fourth-order valence-corrected chi connectivity index (χ4v) is 2.87. The van der Waals surface area contributed by atoms with Crippen LogP contribution in [0.5, 0.6) is 0 Å². The third kappa shape index (κ3) is 4.59. The molecule has 1 saturated heterocycles. The average molecular weight is 345 g/mol. The van der Waals surface area contributed by atoms with E-state index in [0.717, 1.165) is 18.7 Å². The molecule has 0 spiro atoms. The van der Waals surface area contributed by atoms with Gasteiger partial charge in [0.2, 0.25) is 5.91 Å². The Morgan fingerprint density at radius 2 is 2.08 bits per heavy atom. The van der Waals surface area contributed by atoms with E-state index in [1.54, 1.807) is 0 Å². The first-order chi connectivity index (χ1) is 11.3. The molecule has 1 amide bonds. The van der Waals surface area contributed by atoms with Crippen molar-refractivity contribution in [3.05, 3.63) is 23.9 Å². The Morgan fingerprint density at radius 1 is 1.42 bits per heavy atom. The van der Waals surface area contributed by atoms with Crippen molar-refractivity contribution < 1.29 is 22.7 Å². The molecule has 24 heavy (non-hydrogen) atoms. The molecule has 8 heteroatoms. The lowest BCUT2D eigenvalue weighted by Crippen LogP contribution is -2.44. The van der Waals surface area contributed by atoms with E-state index >= 15 is 0 Å². The van der Waals surface area contributed by atoms with Crippen LogP contribution in [0.1, 0.15) is 31.7 Å². The van der Waals surface area contributed by atoms with Crippen molar-refractivity contribution in [3.63, 3.8) is 0 Å². The van der Waals surface area contributed by atoms with E-state index in [-0.39, 0.29) is 5.92 Å². The summed E-state index contributed by atoms with van der Waals surface area (Å²) in [5.74, 6) is 0.0702. The quantitative estimate of drug-likeness (QED) is 0.860. The topological polar surface area (TPSA) is 68.5 Å². The zero-order chi connectivity index (χ0) is 17.7. The molecule has 0 radical (unpaired) electrons. The predicted molar refractivity (Wildman–Crippen MR) is 83.4 cm³/mol. The zero-order valence-electron chi connectivity index (χ0n) is 13.6. The van der Waals surface area contributed by atoms with Crippen molar-refractivity contribution >= 4 is 11.7 Å². The Bertz CT molecular complexity index is 540. The predicted octanol–water partition coefficient (Wildman–Crippen LogP) is 2.60. The number of halogens is 3. The molecule has 1 atom stereocenters. The molecule has 2 N–H and O–H groups in total. The van der Waals surface area contributed by atoms with Gasteiger partial charge in [0.15, 0.2) is 0 Å². The van der Waals surface area contributed by atoms with Crippen molar-refractivity contribution in [1.82, 2.24) is 4.98 Å². The van der Waals surface area contributed by atoms with Crippen molar-refractivity contribution in [1.29, 1.82) is 0 Å². The number of carbonyl (C=O) groups excluding carboxylic acids is 1. The lowest BCUT2D eigenvalue weighted by atomic mass is 9.90. The normalized spacial score (nSPS) is 17.8. The first-order valence-electron chi connectivity index (χ1n) is 8.02. The van der Waals surface area contributed by atoms with E-state index in [1.165, 1.54) is 6.07 Å². The monoisotopic (exact) mass is 345 g/mol. The van der Waals surface area contributed by atoms with E-state index in [2.05, 4.69) is 4.98 Å². The summed E-state index contributed by atoms with van der Waals surface area (Å²) in [6, 6.07) is 2.41. The average Bonchev–Trinajstić information content (AvgIpc) is 2.55. The van der Waals surface area contributed by atoms with Gasteiger partial charge in [-0.2, -0.15) is 13.2 Å². The fourth-order valence-electron chi connectivity index (χ4n) is 2.87. The number of amides is 1. The van der Waals surface area contributed by atoms with Crippen LogP contribution in [0, 0.1) is 5.92 Å². The molecule has 1 aromatic heterocycles. The van der Waals surface area contributed by atoms with Crippen LogP contribution in [0.25, 0.3) is 0 Å². The number of carbonyl (C=O) groups is 1. The molecular weight excluding hydrogens is 323 g/mol. The van der Waals surface area contributed by atoms with Crippen molar-refractivity contribution in [2.75, 3.05) is 24.6 Å². The smallest absolute Gasteiger partial charge is 0.368 e. The summed E-state index contributed by atoms with van der Waals surface area (Å²) in [5.41, 5.74) is 4.65. The Balaban J connectivity index is 1.95. The number of nitrogens with zero attached hydrogens (tertiary/aromatic N) is 2. The summed E-state index contributed by atoms with van der Waals surface area (Å²) in [6.45, 7) is 3.63. The van der Waals surface area contributed by atoms with E-state index in [9.17, 15) is 18.0 Å². The van der Waals surface area contributed by atoms with E-state index in [4.69, 9.17) is 10.5 Å². The largest absolute Gasteiger partial charge is 0.417 e. The van der Waals surface area contributed by atoms with Gasteiger partial charge in [-0.3, -0.25) is 4.79 Å². The third-order valence-electron chi connectivity index (χ3n) is 4.15.